The summed E-state index contributed by atoms with van der Waals surface area (Å²) >= 11 is 7.14. The molecule has 2 heterocycles. The third-order valence-corrected chi connectivity index (χ3v) is 12.4. The largest absolute Gasteiger partial charge is 0.399 e. The highest BCUT2D eigenvalue weighted by Gasteiger charge is 2.14. The van der Waals surface area contributed by atoms with Crippen molar-refractivity contribution in [3.05, 3.63) is 233 Å². The molecule has 0 atom stereocenters. The lowest BCUT2D eigenvalue weighted by Crippen LogP contribution is -2.01. The average Bonchev–Trinajstić information content (AvgIpc) is 3.83. The van der Waals surface area contributed by atoms with Crippen LogP contribution in [0.5, 0.6) is 0 Å². The van der Waals surface area contributed by atoms with Gasteiger partial charge in [0.1, 0.15) is 0 Å². The van der Waals surface area contributed by atoms with Crippen LogP contribution >= 0.6 is 31.9 Å². The van der Waals surface area contributed by atoms with E-state index in [0.29, 0.717) is 0 Å². The number of halogens is 2. The molecule has 7 heteroatoms. The molecule has 11 aromatic rings. The first-order valence-electron chi connectivity index (χ1n) is 20.0. The van der Waals surface area contributed by atoms with Crippen LogP contribution in [0.25, 0.3) is 55.0 Å². The molecule has 0 bridgehead atoms. The van der Waals surface area contributed by atoms with Crippen LogP contribution < -0.4 is 16.4 Å². The standard InChI is InChI=1S/C30H23N3.C18H11Br2N.C6H7N/c1-3-11-22(12-4-1)31-27-20-19-24(21-28(27)32-23-13-5-2-6-14-23)33-29-17-9-7-15-25(29)26-16-8-10-18-30(26)33;19-15-10-9-12(11-16(15)20)21-17-7-3-1-5-13(17)14-6-2-4-8-18(14)21;7-6-4-2-1-3-5-6/h1-21,31-32H;1-11H;1-5H,7H2. The minimum Gasteiger partial charge on any atom is -0.399 e. The van der Waals surface area contributed by atoms with Crippen molar-refractivity contribution in [1.82, 2.24) is 9.13 Å². The SMILES string of the molecule is Brc1ccc(-n2c3ccccc3c3ccccc32)cc1Br.Nc1ccccc1.c1ccc(Nc2ccc(-n3c4ccccc4c4ccccc43)cc2Nc2ccccc2)cc1. The lowest BCUT2D eigenvalue weighted by atomic mass is 10.2. The topological polar surface area (TPSA) is 59.9 Å². The predicted octanol–water partition coefficient (Wildman–Crippen LogP) is 15.8. The molecule has 0 aliphatic carbocycles. The summed E-state index contributed by atoms with van der Waals surface area (Å²) < 4.78 is 6.77. The molecule has 0 amide bonds. The Morgan fingerprint density at radius 3 is 1.10 bits per heavy atom. The first-order valence-corrected chi connectivity index (χ1v) is 21.6. The predicted molar refractivity (Wildman–Crippen MR) is 267 cm³/mol. The molecule has 2 aromatic heterocycles. The van der Waals surface area contributed by atoms with Gasteiger partial charge in [-0.2, -0.15) is 0 Å². The lowest BCUT2D eigenvalue weighted by Gasteiger charge is -2.17. The summed E-state index contributed by atoms with van der Waals surface area (Å²) in [5.41, 5.74) is 17.5. The number of fused-ring (bicyclic) bond motifs is 6. The van der Waals surface area contributed by atoms with Crippen molar-refractivity contribution in [2.45, 2.75) is 0 Å². The zero-order valence-corrected chi connectivity index (χ0v) is 36.3. The summed E-state index contributed by atoms with van der Waals surface area (Å²) in [5, 5.41) is 12.3. The van der Waals surface area contributed by atoms with Crippen molar-refractivity contribution in [3.8, 4) is 11.4 Å². The Morgan fingerprint density at radius 2 is 0.689 bits per heavy atom. The van der Waals surface area contributed by atoms with E-state index < -0.39 is 0 Å². The van der Waals surface area contributed by atoms with Gasteiger partial charge in [-0.1, -0.05) is 127 Å². The number of hydrogen-bond acceptors (Lipinski definition) is 3. The van der Waals surface area contributed by atoms with E-state index in [1.165, 1.54) is 43.6 Å². The fraction of sp³-hybridized carbons (Fsp3) is 0. The highest BCUT2D eigenvalue weighted by atomic mass is 79.9. The zero-order chi connectivity index (χ0) is 41.5. The molecule has 296 valence electrons. The van der Waals surface area contributed by atoms with Crippen LogP contribution in [-0.2, 0) is 0 Å². The summed E-state index contributed by atoms with van der Waals surface area (Å²) in [6, 6.07) is 77.2. The van der Waals surface area contributed by atoms with E-state index >= 15 is 0 Å². The molecule has 0 unspecified atom stereocenters. The van der Waals surface area contributed by atoms with Gasteiger partial charge in [-0.3, -0.25) is 0 Å². The molecule has 61 heavy (non-hydrogen) atoms. The molecule has 0 saturated carbocycles. The number of nitrogens with zero attached hydrogens (tertiary/aromatic N) is 2. The van der Waals surface area contributed by atoms with Crippen molar-refractivity contribution in [2.24, 2.45) is 0 Å². The summed E-state index contributed by atoms with van der Waals surface area (Å²) in [4.78, 5) is 0. The molecule has 0 aliphatic heterocycles. The van der Waals surface area contributed by atoms with Gasteiger partial charge < -0.3 is 25.5 Å². The van der Waals surface area contributed by atoms with E-state index in [9.17, 15) is 0 Å². The Bertz CT molecular complexity index is 3130. The Kier molecular flexibility index (Phi) is 11.7. The minimum absolute atomic E-state index is 0.822. The highest BCUT2D eigenvalue weighted by Crippen LogP contribution is 2.37. The number of aromatic nitrogens is 2. The molecule has 0 aliphatic rings. The van der Waals surface area contributed by atoms with Crippen molar-refractivity contribution in [1.29, 1.82) is 0 Å². The molecule has 0 fully saturated rings. The van der Waals surface area contributed by atoms with Gasteiger partial charge in [-0.25, -0.2) is 0 Å². The molecule has 5 nitrogen and oxygen atoms in total. The number of rotatable bonds is 6. The number of nitrogen functional groups attached to an aromatic ring is 1. The number of hydrogen-bond donors (Lipinski definition) is 3. The van der Waals surface area contributed by atoms with Gasteiger partial charge >= 0.3 is 0 Å². The Hall–Kier alpha value is -7.06. The summed E-state index contributed by atoms with van der Waals surface area (Å²) in [6.07, 6.45) is 0. The van der Waals surface area contributed by atoms with Gasteiger partial charge in [0.05, 0.1) is 33.4 Å². The van der Waals surface area contributed by atoms with Gasteiger partial charge in [0.2, 0.25) is 0 Å². The summed E-state index contributed by atoms with van der Waals surface area (Å²) in [6.45, 7) is 0. The van der Waals surface area contributed by atoms with Gasteiger partial charge in [0.15, 0.2) is 0 Å². The van der Waals surface area contributed by atoms with Crippen LogP contribution in [-0.4, -0.2) is 9.13 Å². The maximum absolute atomic E-state index is 5.36. The van der Waals surface area contributed by atoms with Crippen molar-refractivity contribution in [2.75, 3.05) is 16.4 Å². The Morgan fingerprint density at radius 1 is 0.328 bits per heavy atom. The van der Waals surface area contributed by atoms with Crippen LogP contribution in [0.3, 0.4) is 0 Å². The van der Waals surface area contributed by atoms with E-state index in [4.69, 9.17) is 5.73 Å². The Balaban J connectivity index is 0.000000144. The van der Waals surface area contributed by atoms with Crippen molar-refractivity contribution < 1.29 is 0 Å². The van der Waals surface area contributed by atoms with Crippen LogP contribution in [0.15, 0.2) is 233 Å². The molecular formula is C54H41Br2N5. The molecular weight excluding hydrogens is 878 g/mol. The monoisotopic (exact) mass is 917 g/mol. The van der Waals surface area contributed by atoms with E-state index in [2.05, 4.69) is 209 Å². The van der Waals surface area contributed by atoms with Gasteiger partial charge in [-0.15, -0.1) is 0 Å². The van der Waals surface area contributed by atoms with Gasteiger partial charge in [0.25, 0.3) is 0 Å². The van der Waals surface area contributed by atoms with E-state index in [0.717, 1.165) is 48.8 Å². The number of benzene rings is 9. The number of anilines is 5. The third-order valence-electron chi connectivity index (χ3n) is 10.5. The van der Waals surface area contributed by atoms with Gasteiger partial charge in [0, 0.05) is 58.9 Å². The summed E-state index contributed by atoms with van der Waals surface area (Å²) in [5.74, 6) is 0. The minimum atomic E-state index is 0.822. The summed E-state index contributed by atoms with van der Waals surface area (Å²) in [7, 11) is 0. The Labute approximate surface area is 372 Å². The second-order valence-electron chi connectivity index (χ2n) is 14.5. The smallest absolute Gasteiger partial charge is 0.0644 e. The van der Waals surface area contributed by atoms with E-state index in [1.807, 2.05) is 66.7 Å². The van der Waals surface area contributed by atoms with Crippen molar-refractivity contribution >= 4 is 104 Å². The lowest BCUT2D eigenvalue weighted by molar-refractivity contribution is 1.17. The fourth-order valence-corrected chi connectivity index (χ4v) is 8.33. The second-order valence-corrected chi connectivity index (χ2v) is 16.2. The van der Waals surface area contributed by atoms with E-state index in [-0.39, 0.29) is 0 Å². The highest BCUT2D eigenvalue weighted by molar-refractivity contribution is 9.13. The number of nitrogens with one attached hydrogen (secondary N) is 2. The van der Waals surface area contributed by atoms with Crippen LogP contribution in [0.2, 0.25) is 0 Å². The van der Waals surface area contributed by atoms with Crippen LogP contribution in [0.1, 0.15) is 0 Å². The number of nitrogens with two attached hydrogens (primary N) is 1. The molecule has 0 saturated heterocycles. The first-order chi connectivity index (χ1) is 30.0. The quantitative estimate of drug-likeness (QED) is 0.146. The van der Waals surface area contributed by atoms with Crippen LogP contribution in [0.4, 0.5) is 28.4 Å². The maximum Gasteiger partial charge on any atom is 0.0644 e. The number of para-hydroxylation sites is 7. The second kappa shape index (κ2) is 18.1. The van der Waals surface area contributed by atoms with Gasteiger partial charge in [-0.05, 0) is 129 Å². The van der Waals surface area contributed by atoms with E-state index in [1.54, 1.807) is 0 Å². The average molecular weight is 920 g/mol. The third kappa shape index (κ3) is 8.53. The molecule has 0 radical (unpaired) electrons. The molecule has 9 aromatic carbocycles. The normalized spacial score (nSPS) is 10.9. The molecule has 0 spiro atoms. The van der Waals surface area contributed by atoms with Crippen molar-refractivity contribution in [3.63, 3.8) is 0 Å². The van der Waals surface area contributed by atoms with Crippen LogP contribution in [0, 0.1) is 0 Å². The zero-order valence-electron chi connectivity index (χ0n) is 33.1. The molecule has 4 N–H and O–H groups in total. The maximum atomic E-state index is 5.36. The first kappa shape index (κ1) is 39.4. The fourth-order valence-electron chi connectivity index (χ4n) is 7.72. The molecule has 11 rings (SSSR count).